The minimum atomic E-state index is 0. The molecule has 102 valence electrons. The van der Waals surface area contributed by atoms with E-state index in [9.17, 15) is 4.79 Å². The molecule has 18 heavy (non-hydrogen) atoms. The van der Waals surface area contributed by atoms with Gasteiger partial charge in [-0.05, 0) is 28.1 Å². The first-order valence-electron chi connectivity index (χ1n) is 5.57. The van der Waals surface area contributed by atoms with E-state index in [1.54, 1.807) is 11.3 Å². The normalized spacial score (nSPS) is 19.1. The van der Waals surface area contributed by atoms with Crippen molar-refractivity contribution in [1.29, 1.82) is 0 Å². The van der Waals surface area contributed by atoms with Crippen molar-refractivity contribution >= 4 is 45.6 Å². The van der Waals surface area contributed by atoms with Gasteiger partial charge in [-0.2, -0.15) is 0 Å². The zero-order valence-electron chi connectivity index (χ0n) is 9.78. The summed E-state index contributed by atoms with van der Waals surface area (Å²) in [6.45, 7) is 2.92. The summed E-state index contributed by atoms with van der Waals surface area (Å²) in [6, 6.07) is 3.99. The Balaban J connectivity index is 0.00000162. The van der Waals surface area contributed by atoms with E-state index in [1.807, 2.05) is 12.1 Å². The lowest BCUT2D eigenvalue weighted by Crippen LogP contribution is -2.41. The summed E-state index contributed by atoms with van der Waals surface area (Å²) in [5.74, 6) is 0.0447. The van der Waals surface area contributed by atoms with Gasteiger partial charge < -0.3 is 15.4 Å². The highest BCUT2D eigenvalue weighted by Gasteiger charge is 2.16. The van der Waals surface area contributed by atoms with Crippen LogP contribution in [0.2, 0.25) is 0 Å². The van der Waals surface area contributed by atoms with Gasteiger partial charge >= 0.3 is 0 Å². The van der Waals surface area contributed by atoms with Crippen LogP contribution in [0.3, 0.4) is 0 Å². The molecule has 1 fully saturated rings. The lowest BCUT2D eigenvalue weighted by molar-refractivity contribution is -0.124. The van der Waals surface area contributed by atoms with Gasteiger partial charge in [0, 0.05) is 18.0 Å². The fourth-order valence-electron chi connectivity index (χ4n) is 1.66. The van der Waals surface area contributed by atoms with E-state index < -0.39 is 0 Å². The second kappa shape index (κ2) is 8.12. The highest BCUT2D eigenvalue weighted by Crippen LogP contribution is 2.21. The Morgan fingerprint density at radius 1 is 1.61 bits per heavy atom. The van der Waals surface area contributed by atoms with Crippen LogP contribution < -0.4 is 10.6 Å². The van der Waals surface area contributed by atoms with Crippen molar-refractivity contribution in [2.75, 3.05) is 19.7 Å². The largest absolute Gasteiger partial charge is 0.375 e. The number of thiophene rings is 1. The molecule has 0 radical (unpaired) electrons. The second-order valence-electron chi connectivity index (χ2n) is 3.88. The van der Waals surface area contributed by atoms with E-state index in [4.69, 9.17) is 4.74 Å². The van der Waals surface area contributed by atoms with Gasteiger partial charge in [-0.15, -0.1) is 23.7 Å². The molecule has 2 N–H and O–H groups in total. The molecule has 1 amide bonds. The van der Waals surface area contributed by atoms with Crippen LogP contribution >= 0.6 is 39.7 Å². The van der Waals surface area contributed by atoms with Crippen LogP contribution in [0.15, 0.2) is 15.9 Å². The van der Waals surface area contributed by atoms with Crippen LogP contribution in [-0.2, 0) is 16.1 Å². The van der Waals surface area contributed by atoms with Gasteiger partial charge in [0.15, 0.2) is 0 Å². The van der Waals surface area contributed by atoms with Crippen LogP contribution in [0.25, 0.3) is 0 Å². The molecule has 0 aromatic carbocycles. The van der Waals surface area contributed by atoms with Gasteiger partial charge in [0.1, 0.15) is 0 Å². The van der Waals surface area contributed by atoms with Crippen molar-refractivity contribution in [2.24, 2.45) is 0 Å². The molecule has 2 heterocycles. The van der Waals surface area contributed by atoms with E-state index in [2.05, 4.69) is 26.6 Å². The van der Waals surface area contributed by atoms with Crippen LogP contribution in [0.1, 0.15) is 11.3 Å². The fraction of sp³-hybridized carbons (Fsp3) is 0.545. The molecule has 1 saturated heterocycles. The predicted molar refractivity (Wildman–Crippen MR) is 78.3 cm³/mol. The molecule has 0 aliphatic carbocycles. The molecule has 1 aromatic heterocycles. The van der Waals surface area contributed by atoms with Gasteiger partial charge in [0.25, 0.3) is 0 Å². The molecule has 0 bridgehead atoms. The molecule has 2 rings (SSSR count). The minimum absolute atomic E-state index is 0. The summed E-state index contributed by atoms with van der Waals surface area (Å²) < 4.78 is 6.56. The van der Waals surface area contributed by atoms with Crippen molar-refractivity contribution in [3.8, 4) is 0 Å². The Hall–Kier alpha value is -0.140. The average molecular weight is 356 g/mol. The first-order valence-corrected chi connectivity index (χ1v) is 7.18. The Morgan fingerprint density at radius 3 is 3.06 bits per heavy atom. The number of hydrogen-bond donors (Lipinski definition) is 2. The summed E-state index contributed by atoms with van der Waals surface area (Å²) in [6.07, 6.45) is 0.443. The zero-order valence-corrected chi connectivity index (χ0v) is 13.0. The summed E-state index contributed by atoms with van der Waals surface area (Å²) in [5, 5.41) is 6.11. The lowest BCUT2D eigenvalue weighted by atomic mass is 10.2. The van der Waals surface area contributed by atoms with Gasteiger partial charge in [-0.25, -0.2) is 0 Å². The number of amides is 1. The summed E-state index contributed by atoms with van der Waals surface area (Å²) >= 11 is 5.03. The van der Waals surface area contributed by atoms with Gasteiger partial charge in [0.2, 0.25) is 5.91 Å². The highest BCUT2D eigenvalue weighted by atomic mass is 79.9. The maximum atomic E-state index is 11.7. The average Bonchev–Trinajstić information content (AvgIpc) is 2.74. The summed E-state index contributed by atoms with van der Waals surface area (Å²) in [7, 11) is 0. The molecule has 4 nitrogen and oxygen atoms in total. The molecule has 1 unspecified atom stereocenters. The SMILES string of the molecule is Cl.O=C(CC1CNCCO1)NCc1ccc(Br)s1. The quantitative estimate of drug-likeness (QED) is 0.868. The lowest BCUT2D eigenvalue weighted by Gasteiger charge is -2.22. The zero-order chi connectivity index (χ0) is 12.1. The number of nitrogens with one attached hydrogen (secondary N) is 2. The van der Waals surface area contributed by atoms with Crippen LogP contribution in [0, 0.1) is 0 Å². The number of carbonyl (C=O) groups excluding carboxylic acids is 1. The van der Waals surface area contributed by atoms with Crippen molar-refractivity contribution in [3.05, 3.63) is 20.8 Å². The van der Waals surface area contributed by atoms with Crippen LogP contribution in [0.5, 0.6) is 0 Å². The van der Waals surface area contributed by atoms with Gasteiger partial charge in [0.05, 0.1) is 29.5 Å². The number of rotatable bonds is 4. The predicted octanol–water partition coefficient (Wildman–Crippen LogP) is 1.93. The first kappa shape index (κ1) is 15.9. The summed E-state index contributed by atoms with van der Waals surface area (Å²) in [4.78, 5) is 12.8. The van der Waals surface area contributed by atoms with Crippen molar-refractivity contribution in [2.45, 2.75) is 19.1 Å². The molecular weight excluding hydrogens is 340 g/mol. The molecule has 0 saturated carbocycles. The van der Waals surface area contributed by atoms with Crippen molar-refractivity contribution < 1.29 is 9.53 Å². The molecule has 7 heteroatoms. The van der Waals surface area contributed by atoms with E-state index in [1.165, 1.54) is 0 Å². The third kappa shape index (κ3) is 5.24. The number of morpholine rings is 1. The Labute approximate surface area is 125 Å². The molecular formula is C11H16BrClN2O2S. The monoisotopic (exact) mass is 354 g/mol. The Morgan fingerprint density at radius 2 is 2.44 bits per heavy atom. The van der Waals surface area contributed by atoms with Gasteiger partial charge in [-0.1, -0.05) is 0 Å². The van der Waals surface area contributed by atoms with Gasteiger partial charge in [-0.3, -0.25) is 4.79 Å². The maximum absolute atomic E-state index is 11.7. The topological polar surface area (TPSA) is 50.4 Å². The first-order chi connectivity index (χ1) is 8.24. The fourth-order valence-corrected chi connectivity index (χ4v) is 3.09. The van der Waals surface area contributed by atoms with Crippen LogP contribution in [-0.4, -0.2) is 31.7 Å². The number of halogens is 2. The third-order valence-electron chi connectivity index (χ3n) is 2.51. The molecule has 1 atom stereocenters. The second-order valence-corrected chi connectivity index (χ2v) is 6.43. The van der Waals surface area contributed by atoms with E-state index in [0.29, 0.717) is 19.6 Å². The van der Waals surface area contributed by atoms with Crippen LogP contribution in [0.4, 0.5) is 0 Å². The molecule has 0 spiro atoms. The maximum Gasteiger partial charge on any atom is 0.222 e. The van der Waals surface area contributed by atoms with E-state index in [-0.39, 0.29) is 24.4 Å². The summed E-state index contributed by atoms with van der Waals surface area (Å²) in [5.41, 5.74) is 0. The highest BCUT2D eigenvalue weighted by molar-refractivity contribution is 9.11. The smallest absolute Gasteiger partial charge is 0.222 e. The van der Waals surface area contributed by atoms with E-state index in [0.717, 1.165) is 21.8 Å². The molecule has 1 aromatic rings. The molecule has 1 aliphatic heterocycles. The minimum Gasteiger partial charge on any atom is -0.375 e. The van der Waals surface area contributed by atoms with E-state index >= 15 is 0 Å². The van der Waals surface area contributed by atoms with Crippen molar-refractivity contribution in [1.82, 2.24) is 10.6 Å². The Kier molecular flexibility index (Phi) is 7.18. The number of ether oxygens (including phenoxy) is 1. The van der Waals surface area contributed by atoms with Crippen molar-refractivity contribution in [3.63, 3.8) is 0 Å². The Bertz CT molecular complexity index is 383. The number of carbonyl (C=O) groups is 1. The number of hydrogen-bond acceptors (Lipinski definition) is 4. The standard InChI is InChI=1S/C11H15BrN2O2S.ClH/c12-10-2-1-9(17-10)7-14-11(15)5-8-6-13-3-4-16-8;/h1-2,8,13H,3-7H2,(H,14,15);1H. The third-order valence-corrected chi connectivity index (χ3v) is 4.13. The molecule has 1 aliphatic rings.